The van der Waals surface area contributed by atoms with E-state index in [1.165, 1.54) is 7.11 Å². The first-order chi connectivity index (χ1) is 5.06. The molecule has 0 aliphatic heterocycles. The Morgan fingerprint density at radius 1 is 1.64 bits per heavy atom. The second-order valence-corrected chi connectivity index (χ2v) is 3.19. The molecule has 0 fully saturated rings. The van der Waals surface area contributed by atoms with Crippen molar-refractivity contribution in [2.75, 3.05) is 7.11 Å². The van der Waals surface area contributed by atoms with E-state index in [-0.39, 0.29) is 17.4 Å². The Balaban J connectivity index is 3.52. The predicted octanol–water partition coefficient (Wildman–Crippen LogP) is 0.803. The molecule has 0 aliphatic rings. The number of carbonyl (C=O) groups excluding carboxylic acids is 1. The van der Waals surface area contributed by atoms with Crippen LogP contribution in [0.15, 0.2) is 0 Å². The fourth-order valence-corrected chi connectivity index (χ4v) is 0.789. The van der Waals surface area contributed by atoms with Crippen molar-refractivity contribution in [1.29, 1.82) is 0 Å². The summed E-state index contributed by atoms with van der Waals surface area (Å²) in [5.41, 5.74) is -0.297. The lowest BCUT2D eigenvalue weighted by molar-refractivity contribution is -0.122. The van der Waals surface area contributed by atoms with Crippen molar-refractivity contribution < 1.29 is 9.53 Å². The molecule has 1 unspecified atom stereocenters. The first-order valence-electron chi connectivity index (χ1n) is 3.56. The number of carbonyl (C=O) groups is 1. The quantitative estimate of drug-likeness (QED) is 0.492. The van der Waals surface area contributed by atoms with Crippen LogP contribution >= 0.6 is 12.6 Å². The van der Waals surface area contributed by atoms with E-state index in [1.54, 1.807) is 0 Å². The Bertz CT molecular complexity index is 128. The van der Waals surface area contributed by atoms with Gasteiger partial charge in [-0.2, -0.15) is 0 Å². The molecule has 0 aliphatic carbocycles. The summed E-state index contributed by atoms with van der Waals surface area (Å²) in [5, 5.41) is 2.74. The van der Waals surface area contributed by atoms with Gasteiger partial charge in [-0.1, -0.05) is 0 Å². The number of nitrogens with one attached hydrogen (secondary N) is 1. The van der Waals surface area contributed by atoms with E-state index in [9.17, 15) is 4.79 Å². The highest BCUT2D eigenvalue weighted by Gasteiger charge is 2.08. The van der Waals surface area contributed by atoms with Crippen LogP contribution in [-0.4, -0.2) is 24.5 Å². The number of methoxy groups -OCH3 is 1. The Hall–Kier alpha value is -0.220. The summed E-state index contributed by atoms with van der Waals surface area (Å²) in [4.78, 5) is 11.0. The molecule has 0 aromatic rings. The Morgan fingerprint density at radius 3 is 2.55 bits per heavy atom. The van der Waals surface area contributed by atoms with Crippen LogP contribution in [0.1, 0.15) is 20.3 Å². The average Bonchev–Trinajstić information content (AvgIpc) is 1.85. The van der Waals surface area contributed by atoms with E-state index in [0.29, 0.717) is 6.42 Å². The molecule has 0 aromatic carbocycles. The van der Waals surface area contributed by atoms with Crippen LogP contribution in [0.3, 0.4) is 0 Å². The van der Waals surface area contributed by atoms with E-state index in [2.05, 4.69) is 17.9 Å². The molecule has 0 heterocycles. The lowest BCUT2D eigenvalue weighted by Crippen LogP contribution is -2.32. The third-order valence-corrected chi connectivity index (χ3v) is 1.48. The molecular formula is C7H15NO2S. The van der Waals surface area contributed by atoms with Crippen molar-refractivity contribution in [2.45, 2.75) is 31.7 Å². The molecule has 66 valence electrons. The highest BCUT2D eigenvalue weighted by molar-refractivity contribution is 7.80. The van der Waals surface area contributed by atoms with Gasteiger partial charge in [-0.25, -0.2) is 0 Å². The van der Waals surface area contributed by atoms with Gasteiger partial charge in [0.15, 0.2) is 0 Å². The first-order valence-corrected chi connectivity index (χ1v) is 4.08. The number of ether oxygens (including phenoxy) is 1. The molecule has 1 atom stereocenters. The summed E-state index contributed by atoms with van der Waals surface area (Å²) in [6, 6.07) is 0.180. The van der Waals surface area contributed by atoms with E-state index in [4.69, 9.17) is 4.74 Å². The predicted molar refractivity (Wildman–Crippen MR) is 47.7 cm³/mol. The van der Waals surface area contributed by atoms with E-state index >= 15 is 0 Å². The largest absolute Gasteiger partial charge is 0.371 e. The van der Waals surface area contributed by atoms with Crippen LogP contribution in [0.5, 0.6) is 0 Å². The van der Waals surface area contributed by atoms with Gasteiger partial charge in [-0.15, -0.1) is 12.6 Å². The van der Waals surface area contributed by atoms with Crippen molar-refractivity contribution in [3.8, 4) is 0 Å². The normalized spacial score (nSPS) is 13.2. The maximum absolute atomic E-state index is 11.0. The lowest BCUT2D eigenvalue weighted by atomic mass is 10.3. The van der Waals surface area contributed by atoms with Crippen LogP contribution in [-0.2, 0) is 9.53 Å². The minimum absolute atomic E-state index is 0.0261. The molecule has 0 saturated heterocycles. The van der Waals surface area contributed by atoms with Gasteiger partial charge in [0.05, 0.1) is 6.42 Å². The summed E-state index contributed by atoms with van der Waals surface area (Å²) >= 11 is 4.01. The van der Waals surface area contributed by atoms with Gasteiger partial charge in [0.2, 0.25) is 5.91 Å². The second kappa shape index (κ2) is 5.43. The summed E-state index contributed by atoms with van der Waals surface area (Å²) < 4.78 is 4.81. The van der Waals surface area contributed by atoms with Gasteiger partial charge in [0.1, 0.15) is 5.44 Å². The molecule has 1 amide bonds. The lowest BCUT2D eigenvalue weighted by Gasteiger charge is -2.10. The monoisotopic (exact) mass is 177 g/mol. The summed E-state index contributed by atoms with van der Waals surface area (Å²) in [6.07, 6.45) is 0.303. The third kappa shape index (κ3) is 6.19. The molecule has 1 N–H and O–H groups in total. The number of rotatable bonds is 4. The van der Waals surface area contributed by atoms with Crippen LogP contribution in [0.25, 0.3) is 0 Å². The van der Waals surface area contributed by atoms with Crippen LogP contribution in [0.2, 0.25) is 0 Å². The molecule has 0 saturated carbocycles. The summed E-state index contributed by atoms with van der Waals surface area (Å²) in [5.74, 6) is -0.0261. The van der Waals surface area contributed by atoms with Gasteiger partial charge in [0.25, 0.3) is 0 Å². The zero-order valence-electron chi connectivity index (χ0n) is 7.13. The van der Waals surface area contributed by atoms with E-state index in [1.807, 2.05) is 13.8 Å². The maximum Gasteiger partial charge on any atom is 0.223 e. The topological polar surface area (TPSA) is 38.3 Å². The molecule has 4 heteroatoms. The smallest absolute Gasteiger partial charge is 0.223 e. The average molecular weight is 177 g/mol. The zero-order valence-corrected chi connectivity index (χ0v) is 8.02. The van der Waals surface area contributed by atoms with Crippen molar-refractivity contribution in [3.05, 3.63) is 0 Å². The number of hydrogen-bond acceptors (Lipinski definition) is 3. The Kier molecular flexibility index (Phi) is 5.32. The fourth-order valence-electron chi connectivity index (χ4n) is 0.623. The number of amides is 1. The molecule has 0 bridgehead atoms. The highest BCUT2D eigenvalue weighted by atomic mass is 32.1. The number of hydrogen-bond donors (Lipinski definition) is 2. The van der Waals surface area contributed by atoms with E-state index < -0.39 is 0 Å². The SMILES string of the molecule is COC(S)CC(=O)NC(C)C. The van der Waals surface area contributed by atoms with Gasteiger partial charge >= 0.3 is 0 Å². The molecule has 0 spiro atoms. The third-order valence-electron chi connectivity index (χ3n) is 1.08. The minimum Gasteiger partial charge on any atom is -0.371 e. The van der Waals surface area contributed by atoms with Crippen LogP contribution in [0, 0.1) is 0 Å². The van der Waals surface area contributed by atoms with Crippen LogP contribution < -0.4 is 5.32 Å². The second-order valence-electron chi connectivity index (χ2n) is 2.62. The first kappa shape index (κ1) is 10.8. The van der Waals surface area contributed by atoms with Gasteiger partial charge in [-0.05, 0) is 13.8 Å². The standard InChI is InChI=1S/C7H15NO2S/c1-5(2)8-6(9)4-7(11)10-3/h5,7,11H,4H2,1-3H3,(H,8,9). The minimum atomic E-state index is -0.297. The fraction of sp³-hybridized carbons (Fsp3) is 0.857. The van der Waals surface area contributed by atoms with Crippen molar-refractivity contribution >= 4 is 18.5 Å². The number of thiol groups is 1. The molecule has 3 nitrogen and oxygen atoms in total. The van der Waals surface area contributed by atoms with Crippen molar-refractivity contribution in [1.82, 2.24) is 5.32 Å². The van der Waals surface area contributed by atoms with E-state index in [0.717, 1.165) is 0 Å². The van der Waals surface area contributed by atoms with Gasteiger partial charge in [-0.3, -0.25) is 4.79 Å². The molecule has 11 heavy (non-hydrogen) atoms. The van der Waals surface area contributed by atoms with Gasteiger partial charge in [0, 0.05) is 13.2 Å². The highest BCUT2D eigenvalue weighted by Crippen LogP contribution is 2.00. The molecular weight excluding hydrogens is 162 g/mol. The molecule has 0 aromatic heterocycles. The van der Waals surface area contributed by atoms with Crippen molar-refractivity contribution in [2.24, 2.45) is 0 Å². The zero-order chi connectivity index (χ0) is 8.85. The molecule has 0 rings (SSSR count). The van der Waals surface area contributed by atoms with Gasteiger partial charge < -0.3 is 10.1 Å². The maximum atomic E-state index is 11.0. The Labute approximate surface area is 72.9 Å². The summed E-state index contributed by atoms with van der Waals surface area (Å²) in [7, 11) is 1.53. The summed E-state index contributed by atoms with van der Waals surface area (Å²) in [6.45, 7) is 3.83. The molecule has 0 radical (unpaired) electrons. The van der Waals surface area contributed by atoms with Crippen LogP contribution in [0.4, 0.5) is 0 Å². The van der Waals surface area contributed by atoms with Crippen molar-refractivity contribution in [3.63, 3.8) is 0 Å². The Morgan fingerprint density at radius 2 is 2.18 bits per heavy atom.